The highest BCUT2D eigenvalue weighted by Crippen LogP contribution is 2.51. The monoisotopic (exact) mass is 497 g/mol. The Hall–Kier alpha value is -4.10. The van der Waals surface area contributed by atoms with E-state index in [0.717, 1.165) is 24.3 Å². The number of nitrogens with one attached hydrogen (secondary N) is 2. The smallest absolute Gasteiger partial charge is 0.406 e. The van der Waals surface area contributed by atoms with Crippen molar-refractivity contribution >= 4 is 23.3 Å². The van der Waals surface area contributed by atoms with Crippen LogP contribution in [0.3, 0.4) is 0 Å². The van der Waals surface area contributed by atoms with Crippen LogP contribution >= 0.6 is 0 Å². The van der Waals surface area contributed by atoms with Gasteiger partial charge in [0.25, 0.3) is 0 Å². The molecule has 3 aromatic rings. The van der Waals surface area contributed by atoms with Gasteiger partial charge in [-0.1, -0.05) is 0 Å². The molecule has 0 saturated heterocycles. The van der Waals surface area contributed by atoms with Gasteiger partial charge in [0.2, 0.25) is 11.8 Å². The Balaban J connectivity index is 1.55. The number of nitrogens with zero attached hydrogens (tertiary/aromatic N) is 3. The van der Waals surface area contributed by atoms with Gasteiger partial charge in [-0.05, 0) is 30.3 Å². The molecule has 35 heavy (non-hydrogen) atoms. The molecule has 5 rings (SSSR count). The van der Waals surface area contributed by atoms with Crippen LogP contribution in [0.25, 0.3) is 0 Å². The number of alkyl halides is 6. The lowest BCUT2D eigenvalue weighted by Crippen LogP contribution is -2.43. The molecule has 1 spiro atoms. The Bertz CT molecular complexity index is 1350. The van der Waals surface area contributed by atoms with Crippen LogP contribution in [0.2, 0.25) is 0 Å². The van der Waals surface area contributed by atoms with Crippen LogP contribution in [0.5, 0.6) is 5.75 Å². The van der Waals surface area contributed by atoms with E-state index in [1.54, 1.807) is 0 Å². The third-order valence-corrected chi connectivity index (χ3v) is 5.77. The van der Waals surface area contributed by atoms with Gasteiger partial charge in [-0.25, -0.2) is 4.68 Å². The van der Waals surface area contributed by atoms with Crippen LogP contribution in [0.1, 0.15) is 28.8 Å². The summed E-state index contributed by atoms with van der Waals surface area (Å²) in [5, 5.41) is 9.31. The van der Waals surface area contributed by atoms with E-state index in [9.17, 15) is 35.9 Å². The van der Waals surface area contributed by atoms with E-state index in [2.05, 4.69) is 25.5 Å². The van der Waals surface area contributed by atoms with E-state index in [-0.39, 0.29) is 34.9 Å². The van der Waals surface area contributed by atoms with Crippen molar-refractivity contribution in [2.75, 3.05) is 10.6 Å². The molecule has 0 unspecified atom stereocenters. The molecule has 4 heterocycles. The predicted molar refractivity (Wildman–Crippen MR) is 106 cm³/mol. The normalized spacial score (nSPS) is 19.3. The SMILES string of the molecule is O=C1C[C@]2(C(=O)Nc3ccc(OC(F)(F)F)cc32)c2cnn(Cc3ccc(C(F)(F)F)cn3)c2N1. The Morgan fingerprint density at radius 2 is 1.77 bits per heavy atom. The lowest BCUT2D eigenvalue weighted by molar-refractivity contribution is -0.274. The number of halogens is 6. The Morgan fingerprint density at radius 1 is 1.00 bits per heavy atom. The molecule has 14 heteroatoms. The Kier molecular flexibility index (Phi) is 4.83. The fourth-order valence-corrected chi connectivity index (χ4v) is 4.28. The number of fused-ring (bicyclic) bond motifs is 4. The van der Waals surface area contributed by atoms with E-state index in [1.807, 2.05) is 0 Å². The number of amides is 2. The second kappa shape index (κ2) is 7.45. The van der Waals surface area contributed by atoms with Crippen molar-refractivity contribution in [2.24, 2.45) is 0 Å². The average Bonchev–Trinajstić information content (AvgIpc) is 3.26. The van der Waals surface area contributed by atoms with E-state index >= 15 is 0 Å². The number of hydrogen-bond acceptors (Lipinski definition) is 5. The van der Waals surface area contributed by atoms with Crippen LogP contribution in [-0.4, -0.2) is 32.9 Å². The first-order valence-corrected chi connectivity index (χ1v) is 9.97. The van der Waals surface area contributed by atoms with Gasteiger partial charge in [0, 0.05) is 29.4 Å². The minimum absolute atomic E-state index is 0.0769. The van der Waals surface area contributed by atoms with Gasteiger partial charge >= 0.3 is 12.5 Å². The highest BCUT2D eigenvalue weighted by molar-refractivity contribution is 6.14. The van der Waals surface area contributed by atoms with Gasteiger partial charge in [-0.15, -0.1) is 13.2 Å². The molecule has 0 aliphatic carbocycles. The third-order valence-electron chi connectivity index (χ3n) is 5.77. The molecule has 2 aromatic heterocycles. The second-order valence-corrected chi connectivity index (χ2v) is 7.94. The molecule has 0 bridgehead atoms. The quantitative estimate of drug-likeness (QED) is 0.537. The van der Waals surface area contributed by atoms with Crippen molar-refractivity contribution in [3.8, 4) is 5.75 Å². The lowest BCUT2D eigenvalue weighted by Gasteiger charge is -2.31. The minimum Gasteiger partial charge on any atom is -0.406 e. The first-order chi connectivity index (χ1) is 16.4. The van der Waals surface area contributed by atoms with Crippen molar-refractivity contribution in [3.63, 3.8) is 0 Å². The van der Waals surface area contributed by atoms with Crippen molar-refractivity contribution in [1.29, 1.82) is 0 Å². The predicted octanol–water partition coefficient (Wildman–Crippen LogP) is 3.82. The van der Waals surface area contributed by atoms with Gasteiger partial charge in [0.15, 0.2) is 0 Å². The molecular formula is C21H13F6N5O3. The summed E-state index contributed by atoms with van der Waals surface area (Å²) in [6, 6.07) is 5.32. The summed E-state index contributed by atoms with van der Waals surface area (Å²) in [5.41, 5.74) is -1.90. The summed E-state index contributed by atoms with van der Waals surface area (Å²) >= 11 is 0. The van der Waals surface area contributed by atoms with Crippen LogP contribution in [0.15, 0.2) is 42.7 Å². The number of carbonyl (C=O) groups excluding carboxylic acids is 2. The Morgan fingerprint density at radius 3 is 2.43 bits per heavy atom. The molecular weight excluding hydrogens is 484 g/mol. The zero-order chi connectivity index (χ0) is 25.2. The van der Waals surface area contributed by atoms with Crippen LogP contribution in [0.4, 0.5) is 37.8 Å². The van der Waals surface area contributed by atoms with Crippen LogP contribution < -0.4 is 15.4 Å². The summed E-state index contributed by atoms with van der Waals surface area (Å²) in [6.45, 7) is -0.143. The van der Waals surface area contributed by atoms with Gasteiger partial charge in [-0.2, -0.15) is 18.3 Å². The second-order valence-electron chi connectivity index (χ2n) is 7.94. The number of hydrogen-bond donors (Lipinski definition) is 2. The Labute approximate surface area is 191 Å². The van der Waals surface area contributed by atoms with Crippen molar-refractivity contribution in [1.82, 2.24) is 14.8 Å². The number of benzene rings is 1. The fraction of sp³-hybridized carbons (Fsp3) is 0.238. The molecule has 2 aliphatic heterocycles. The van der Waals surface area contributed by atoms with Gasteiger partial charge < -0.3 is 15.4 Å². The molecule has 2 amide bonds. The van der Waals surface area contributed by atoms with Crippen LogP contribution in [0, 0.1) is 0 Å². The number of anilines is 2. The largest absolute Gasteiger partial charge is 0.573 e. The molecule has 0 fully saturated rings. The van der Waals surface area contributed by atoms with E-state index < -0.39 is 47.5 Å². The van der Waals surface area contributed by atoms with Gasteiger partial charge in [0.05, 0.1) is 24.0 Å². The topological polar surface area (TPSA) is 98.1 Å². The molecule has 1 aromatic carbocycles. The standard InChI is InChI=1S/C21H13F6N5O3/c22-20(23,24)10-1-2-11(28-7-10)9-32-17-14(8-29-32)19(6-16(33)31-17)13-5-12(35-21(25,26)27)3-4-15(13)30-18(19)34/h1-5,7-8H,6,9H2,(H,30,34)(H,31,33)/t19-/m1/s1. The van der Waals surface area contributed by atoms with Gasteiger partial charge in [-0.3, -0.25) is 14.6 Å². The molecule has 2 N–H and O–H groups in total. The van der Waals surface area contributed by atoms with Crippen LogP contribution in [-0.2, 0) is 27.7 Å². The zero-order valence-corrected chi connectivity index (χ0v) is 17.3. The molecule has 0 radical (unpaired) electrons. The number of aromatic nitrogens is 3. The summed E-state index contributed by atoms with van der Waals surface area (Å²) in [7, 11) is 0. The number of ether oxygens (including phenoxy) is 1. The number of rotatable bonds is 3. The summed E-state index contributed by atoms with van der Waals surface area (Å²) < 4.78 is 81.9. The summed E-state index contributed by atoms with van der Waals surface area (Å²) in [6.07, 6.45) is -7.99. The summed E-state index contributed by atoms with van der Waals surface area (Å²) in [4.78, 5) is 29.5. The summed E-state index contributed by atoms with van der Waals surface area (Å²) in [5.74, 6) is -1.74. The lowest BCUT2D eigenvalue weighted by atomic mass is 9.72. The highest BCUT2D eigenvalue weighted by Gasteiger charge is 2.54. The highest BCUT2D eigenvalue weighted by atomic mass is 19.4. The third kappa shape index (κ3) is 3.84. The van der Waals surface area contributed by atoms with E-state index in [0.29, 0.717) is 6.20 Å². The van der Waals surface area contributed by atoms with E-state index in [1.165, 1.54) is 16.9 Å². The fourth-order valence-electron chi connectivity index (χ4n) is 4.28. The first-order valence-electron chi connectivity index (χ1n) is 9.97. The molecule has 1 atom stereocenters. The van der Waals surface area contributed by atoms with Crippen molar-refractivity contribution < 1.29 is 40.7 Å². The number of carbonyl (C=O) groups is 2. The maximum atomic E-state index is 13.1. The molecule has 2 aliphatic rings. The van der Waals surface area contributed by atoms with E-state index in [4.69, 9.17) is 0 Å². The van der Waals surface area contributed by atoms with Crippen molar-refractivity contribution in [3.05, 3.63) is 65.1 Å². The maximum Gasteiger partial charge on any atom is 0.573 e. The van der Waals surface area contributed by atoms with Gasteiger partial charge in [0.1, 0.15) is 17.0 Å². The van der Waals surface area contributed by atoms with Crippen molar-refractivity contribution in [2.45, 2.75) is 30.9 Å². The maximum absolute atomic E-state index is 13.1. The zero-order valence-electron chi connectivity index (χ0n) is 17.3. The molecule has 8 nitrogen and oxygen atoms in total. The minimum atomic E-state index is -4.97. The molecule has 182 valence electrons. The molecule has 0 saturated carbocycles. The number of pyridine rings is 1. The average molecular weight is 497 g/mol. The first kappa shape index (κ1) is 22.7.